The predicted molar refractivity (Wildman–Crippen MR) is 94.6 cm³/mol. The molecule has 0 radical (unpaired) electrons. The molecular weight excluding hydrogens is 284 g/mol. The lowest BCUT2D eigenvalue weighted by Crippen LogP contribution is -2.37. The van der Waals surface area contributed by atoms with Crippen LogP contribution < -0.4 is 10.6 Å². The van der Waals surface area contributed by atoms with Crippen LogP contribution in [0.25, 0.3) is 0 Å². The molecule has 0 saturated heterocycles. The molecule has 2 unspecified atom stereocenters. The molecule has 2 N–H and O–H groups in total. The van der Waals surface area contributed by atoms with Crippen molar-refractivity contribution in [3.05, 3.63) is 34.4 Å². The van der Waals surface area contributed by atoms with E-state index in [1.54, 1.807) is 0 Å². The van der Waals surface area contributed by atoms with Crippen molar-refractivity contribution >= 4 is 5.91 Å². The first kappa shape index (κ1) is 16.5. The van der Waals surface area contributed by atoms with Gasteiger partial charge in [0.05, 0.1) is 0 Å². The van der Waals surface area contributed by atoms with Gasteiger partial charge >= 0.3 is 0 Å². The van der Waals surface area contributed by atoms with Gasteiger partial charge in [0.2, 0.25) is 0 Å². The molecule has 2 atom stereocenters. The molecule has 2 heterocycles. The maximum Gasteiger partial charge on any atom is 0.251 e. The van der Waals surface area contributed by atoms with Crippen LogP contribution in [0.3, 0.4) is 0 Å². The Morgan fingerprint density at radius 1 is 0.913 bits per heavy atom. The molecule has 0 bridgehead atoms. The Kier molecular flexibility index (Phi) is 4.77. The number of carbonyl (C=O) groups excluding carboxylic acids is 1. The van der Waals surface area contributed by atoms with Crippen molar-refractivity contribution in [3.63, 3.8) is 0 Å². The third kappa shape index (κ3) is 3.45. The zero-order valence-electron chi connectivity index (χ0n) is 14.9. The monoisotopic (exact) mass is 314 g/mol. The van der Waals surface area contributed by atoms with Gasteiger partial charge in [-0.05, 0) is 60.3 Å². The maximum atomic E-state index is 12.6. The molecule has 126 valence electrons. The molecule has 0 spiro atoms. The van der Waals surface area contributed by atoms with Gasteiger partial charge in [0.1, 0.15) is 0 Å². The Hall–Kier alpha value is -1.35. The summed E-state index contributed by atoms with van der Waals surface area (Å²) >= 11 is 0. The van der Waals surface area contributed by atoms with Crippen LogP contribution in [-0.4, -0.2) is 18.0 Å². The van der Waals surface area contributed by atoms with Crippen LogP contribution in [-0.2, 0) is 19.4 Å². The minimum Gasteiger partial charge on any atom is -0.349 e. The molecule has 2 aliphatic heterocycles. The van der Waals surface area contributed by atoms with E-state index in [9.17, 15) is 4.79 Å². The minimum atomic E-state index is 0.122. The zero-order valence-corrected chi connectivity index (χ0v) is 14.9. The molecular formula is C20H30N2O. The summed E-state index contributed by atoms with van der Waals surface area (Å²) in [7, 11) is 0. The Morgan fingerprint density at radius 2 is 1.57 bits per heavy atom. The lowest BCUT2D eigenvalue weighted by atomic mass is 9.92. The highest BCUT2D eigenvalue weighted by Gasteiger charge is 2.26. The first-order valence-electron chi connectivity index (χ1n) is 9.14. The molecule has 23 heavy (non-hydrogen) atoms. The van der Waals surface area contributed by atoms with Crippen LogP contribution >= 0.6 is 0 Å². The van der Waals surface area contributed by atoms with E-state index in [-0.39, 0.29) is 11.9 Å². The molecule has 0 aromatic heterocycles. The Bertz CT molecular complexity index is 592. The number of hydrogen-bond acceptors (Lipinski definition) is 2. The molecule has 0 aliphatic carbocycles. The molecule has 3 heteroatoms. The summed E-state index contributed by atoms with van der Waals surface area (Å²) < 4.78 is 0. The molecule has 3 nitrogen and oxygen atoms in total. The van der Waals surface area contributed by atoms with Crippen LogP contribution in [0, 0.1) is 11.8 Å². The average Bonchev–Trinajstić information content (AvgIpc) is 2.80. The fraction of sp³-hybridized carbons (Fsp3) is 0.650. The Balaban J connectivity index is 1.88. The standard InChI is InChI=1S/C20H30N2O/c1-12(2)18-7-5-14-10-17-15(9-16(14)11-21-18)6-8-19(13(3)4)22-20(17)23/h9-10,12-13,18-19,21H,5-8,11H2,1-4H3,(H,22,23). The van der Waals surface area contributed by atoms with E-state index in [1.807, 2.05) is 0 Å². The van der Waals surface area contributed by atoms with E-state index < -0.39 is 0 Å². The first-order chi connectivity index (χ1) is 11.0. The smallest absolute Gasteiger partial charge is 0.251 e. The lowest BCUT2D eigenvalue weighted by Gasteiger charge is -2.19. The summed E-state index contributed by atoms with van der Waals surface area (Å²) in [4.78, 5) is 12.6. The van der Waals surface area contributed by atoms with E-state index in [2.05, 4.69) is 50.5 Å². The van der Waals surface area contributed by atoms with Crippen LogP contribution in [0.4, 0.5) is 0 Å². The second kappa shape index (κ2) is 6.64. The molecule has 1 aromatic rings. The van der Waals surface area contributed by atoms with Crippen LogP contribution in [0.1, 0.15) is 67.6 Å². The lowest BCUT2D eigenvalue weighted by molar-refractivity contribution is 0.0928. The molecule has 1 aromatic carbocycles. The highest BCUT2D eigenvalue weighted by molar-refractivity contribution is 5.96. The molecule has 0 saturated carbocycles. The van der Waals surface area contributed by atoms with Gasteiger partial charge in [-0.25, -0.2) is 0 Å². The number of hydrogen-bond donors (Lipinski definition) is 2. The fourth-order valence-electron chi connectivity index (χ4n) is 3.91. The third-order valence-corrected chi connectivity index (χ3v) is 5.60. The van der Waals surface area contributed by atoms with Gasteiger partial charge < -0.3 is 10.6 Å². The molecule has 3 rings (SSSR count). The van der Waals surface area contributed by atoms with Gasteiger partial charge in [0.15, 0.2) is 0 Å². The van der Waals surface area contributed by atoms with Crippen molar-refractivity contribution in [2.75, 3.05) is 0 Å². The van der Waals surface area contributed by atoms with Gasteiger partial charge in [0, 0.05) is 24.2 Å². The molecule has 2 aliphatic rings. The molecule has 1 amide bonds. The van der Waals surface area contributed by atoms with Crippen molar-refractivity contribution in [3.8, 4) is 0 Å². The second-order valence-corrected chi connectivity index (χ2v) is 7.91. The quantitative estimate of drug-likeness (QED) is 0.878. The zero-order chi connectivity index (χ0) is 16.6. The van der Waals surface area contributed by atoms with Crippen LogP contribution in [0.2, 0.25) is 0 Å². The largest absolute Gasteiger partial charge is 0.349 e. The Morgan fingerprint density at radius 3 is 2.26 bits per heavy atom. The topological polar surface area (TPSA) is 41.1 Å². The van der Waals surface area contributed by atoms with Gasteiger partial charge in [-0.15, -0.1) is 0 Å². The summed E-state index contributed by atoms with van der Waals surface area (Å²) in [6.07, 6.45) is 4.26. The third-order valence-electron chi connectivity index (χ3n) is 5.60. The summed E-state index contributed by atoms with van der Waals surface area (Å²) in [6.45, 7) is 9.86. The number of aryl methyl sites for hydroxylation is 2. The van der Waals surface area contributed by atoms with Crippen molar-refractivity contribution in [1.29, 1.82) is 0 Å². The van der Waals surface area contributed by atoms with E-state index >= 15 is 0 Å². The number of carbonyl (C=O) groups is 1. The number of amides is 1. The van der Waals surface area contributed by atoms with E-state index in [0.29, 0.717) is 17.9 Å². The number of nitrogens with one attached hydrogen (secondary N) is 2. The number of benzene rings is 1. The fourth-order valence-corrected chi connectivity index (χ4v) is 3.91. The van der Waals surface area contributed by atoms with E-state index in [1.165, 1.54) is 16.7 Å². The highest BCUT2D eigenvalue weighted by atomic mass is 16.1. The van der Waals surface area contributed by atoms with Crippen molar-refractivity contribution in [2.45, 2.75) is 72.0 Å². The summed E-state index contributed by atoms with van der Waals surface area (Å²) in [5.74, 6) is 1.26. The maximum absolute atomic E-state index is 12.6. The summed E-state index contributed by atoms with van der Waals surface area (Å²) in [5.41, 5.74) is 4.89. The first-order valence-corrected chi connectivity index (χ1v) is 9.14. The van der Waals surface area contributed by atoms with Gasteiger partial charge in [-0.2, -0.15) is 0 Å². The normalized spacial score (nSPS) is 24.7. The van der Waals surface area contributed by atoms with E-state index in [4.69, 9.17) is 0 Å². The highest BCUT2D eigenvalue weighted by Crippen LogP contribution is 2.27. The molecule has 0 fully saturated rings. The second-order valence-electron chi connectivity index (χ2n) is 7.91. The van der Waals surface area contributed by atoms with Crippen molar-refractivity contribution < 1.29 is 4.79 Å². The van der Waals surface area contributed by atoms with Gasteiger partial charge in [-0.3, -0.25) is 4.79 Å². The minimum absolute atomic E-state index is 0.122. The predicted octanol–water partition coefficient (Wildman–Crippen LogP) is 3.45. The van der Waals surface area contributed by atoms with E-state index in [0.717, 1.165) is 37.8 Å². The van der Waals surface area contributed by atoms with Crippen LogP contribution in [0.5, 0.6) is 0 Å². The summed E-state index contributed by atoms with van der Waals surface area (Å²) in [5, 5.41) is 6.93. The van der Waals surface area contributed by atoms with Gasteiger partial charge in [-0.1, -0.05) is 33.8 Å². The average molecular weight is 314 g/mol. The number of fused-ring (bicyclic) bond motifs is 2. The van der Waals surface area contributed by atoms with Crippen molar-refractivity contribution in [2.24, 2.45) is 11.8 Å². The number of rotatable bonds is 2. The Labute approximate surface area is 140 Å². The summed E-state index contributed by atoms with van der Waals surface area (Å²) in [6, 6.07) is 5.33. The SMILES string of the molecule is CC(C)C1CCc2cc3c(cc2CN1)CCC(C(C)C)NC3=O. The van der Waals surface area contributed by atoms with Crippen molar-refractivity contribution in [1.82, 2.24) is 10.6 Å². The van der Waals surface area contributed by atoms with Crippen LogP contribution in [0.15, 0.2) is 12.1 Å². The van der Waals surface area contributed by atoms with Gasteiger partial charge in [0.25, 0.3) is 5.91 Å².